The van der Waals surface area contributed by atoms with Crippen molar-refractivity contribution in [3.8, 4) is 0 Å². The van der Waals surface area contributed by atoms with Crippen LogP contribution in [0.15, 0.2) is 76.8 Å². The molecule has 1 saturated heterocycles. The minimum Gasteiger partial charge on any atom is -0.273 e. The van der Waals surface area contributed by atoms with Gasteiger partial charge in [0, 0.05) is 10.9 Å². The molecule has 3 aromatic rings. The minimum atomic E-state index is -1.04. The monoisotopic (exact) mass is 496 g/mol. The van der Waals surface area contributed by atoms with Gasteiger partial charge in [0.1, 0.15) is 17.2 Å². The Morgan fingerprint density at radius 1 is 0.875 bits per heavy atom. The third-order valence-corrected chi connectivity index (χ3v) is 5.43. The number of halogens is 3. The summed E-state index contributed by atoms with van der Waals surface area (Å²) in [6, 6.07) is 15.7. The van der Waals surface area contributed by atoms with Crippen LogP contribution in [-0.4, -0.2) is 17.8 Å². The van der Waals surface area contributed by atoms with Crippen LogP contribution in [0.3, 0.4) is 0 Å². The second-order valence-electron chi connectivity index (χ2n) is 7.02. The van der Waals surface area contributed by atoms with Crippen molar-refractivity contribution in [1.82, 2.24) is 5.32 Å². The van der Waals surface area contributed by atoms with E-state index in [4.69, 9.17) is 0 Å². The van der Waals surface area contributed by atoms with E-state index in [1.165, 1.54) is 30.3 Å². The van der Waals surface area contributed by atoms with Gasteiger partial charge in [-0.3, -0.25) is 14.9 Å². The lowest BCUT2D eigenvalue weighted by molar-refractivity contribution is -0.122. The van der Waals surface area contributed by atoms with Gasteiger partial charge in [0.25, 0.3) is 11.8 Å². The lowest BCUT2D eigenvalue weighted by Gasteiger charge is -2.26. The Morgan fingerprint density at radius 2 is 1.56 bits per heavy atom. The molecule has 0 atom stereocenters. The molecule has 1 heterocycles. The largest absolute Gasteiger partial charge is 0.336 e. The highest BCUT2D eigenvalue weighted by Crippen LogP contribution is 2.27. The van der Waals surface area contributed by atoms with Crippen LogP contribution in [0.4, 0.5) is 19.3 Å². The van der Waals surface area contributed by atoms with Crippen molar-refractivity contribution in [3.05, 3.63) is 105 Å². The summed E-state index contributed by atoms with van der Waals surface area (Å²) in [4.78, 5) is 38.4. The van der Waals surface area contributed by atoms with Gasteiger partial charge < -0.3 is 0 Å². The van der Waals surface area contributed by atoms with E-state index in [1.807, 2.05) is 0 Å². The molecule has 4 amide bonds. The molecular formula is C24H15BrF2N2O3. The van der Waals surface area contributed by atoms with Crippen molar-refractivity contribution >= 4 is 45.5 Å². The summed E-state index contributed by atoms with van der Waals surface area (Å²) < 4.78 is 29.1. The van der Waals surface area contributed by atoms with Crippen molar-refractivity contribution in [1.29, 1.82) is 0 Å². The number of barbiturate groups is 1. The molecule has 0 saturated carbocycles. The molecule has 8 heteroatoms. The van der Waals surface area contributed by atoms with Gasteiger partial charge in [0.05, 0.1) is 5.69 Å². The topological polar surface area (TPSA) is 66.5 Å². The number of rotatable bonds is 4. The third kappa shape index (κ3) is 4.22. The van der Waals surface area contributed by atoms with Gasteiger partial charge in [-0.05, 0) is 53.1 Å². The van der Waals surface area contributed by atoms with Gasteiger partial charge in [-0.15, -0.1) is 0 Å². The van der Waals surface area contributed by atoms with Crippen molar-refractivity contribution in [3.63, 3.8) is 0 Å². The number of para-hydroxylation sites is 1. The van der Waals surface area contributed by atoms with E-state index in [9.17, 15) is 23.2 Å². The molecule has 1 aliphatic rings. The first kappa shape index (κ1) is 21.6. The number of amides is 4. The molecule has 160 valence electrons. The summed E-state index contributed by atoms with van der Waals surface area (Å²) >= 11 is 3.36. The third-order valence-electron chi connectivity index (χ3n) is 4.94. The number of urea groups is 1. The van der Waals surface area contributed by atoms with E-state index in [-0.39, 0.29) is 23.5 Å². The van der Waals surface area contributed by atoms with E-state index in [0.717, 1.165) is 6.07 Å². The summed E-state index contributed by atoms with van der Waals surface area (Å²) in [5.74, 6) is -3.02. The Kier molecular flexibility index (Phi) is 5.96. The molecule has 1 fully saturated rings. The summed E-state index contributed by atoms with van der Waals surface area (Å²) in [7, 11) is 0. The van der Waals surface area contributed by atoms with E-state index in [0.29, 0.717) is 26.1 Å². The molecule has 0 spiro atoms. The van der Waals surface area contributed by atoms with Crippen molar-refractivity contribution in [2.45, 2.75) is 6.42 Å². The predicted octanol–water partition coefficient (Wildman–Crippen LogP) is 4.98. The number of hydrogen-bond acceptors (Lipinski definition) is 3. The molecule has 4 rings (SSSR count). The predicted molar refractivity (Wildman–Crippen MR) is 119 cm³/mol. The first-order chi connectivity index (χ1) is 15.3. The number of nitrogens with one attached hydrogen (secondary N) is 1. The van der Waals surface area contributed by atoms with Gasteiger partial charge >= 0.3 is 6.03 Å². The van der Waals surface area contributed by atoms with Crippen molar-refractivity contribution in [2.24, 2.45) is 0 Å². The second-order valence-corrected chi connectivity index (χ2v) is 7.94. The number of anilines is 1. The zero-order valence-electron chi connectivity index (χ0n) is 16.4. The Bertz CT molecular complexity index is 1290. The molecule has 1 aliphatic heterocycles. The van der Waals surface area contributed by atoms with Gasteiger partial charge in [-0.2, -0.15) is 0 Å². The van der Waals surface area contributed by atoms with Gasteiger partial charge in [0.2, 0.25) is 0 Å². The van der Waals surface area contributed by atoms with E-state index < -0.39 is 23.7 Å². The van der Waals surface area contributed by atoms with Crippen LogP contribution in [0.1, 0.15) is 16.7 Å². The summed E-state index contributed by atoms with van der Waals surface area (Å²) in [5.41, 5.74) is 0.955. The number of nitrogens with zero attached hydrogens (tertiary/aromatic N) is 1. The summed E-state index contributed by atoms with van der Waals surface area (Å²) in [6.07, 6.45) is 1.53. The quantitative estimate of drug-likeness (QED) is 0.409. The van der Waals surface area contributed by atoms with Crippen LogP contribution < -0.4 is 10.2 Å². The first-order valence-electron chi connectivity index (χ1n) is 9.53. The maximum Gasteiger partial charge on any atom is 0.336 e. The molecule has 0 aromatic heterocycles. The van der Waals surface area contributed by atoms with Gasteiger partial charge in [-0.1, -0.05) is 52.3 Å². The SMILES string of the molecule is O=C1NC(=O)N(c2ccccc2F)C(=O)/C1=C\c1cc(Br)ccc1Cc1ccccc1F. The normalized spacial score (nSPS) is 15.3. The molecule has 3 aromatic carbocycles. The molecule has 32 heavy (non-hydrogen) atoms. The van der Waals surface area contributed by atoms with E-state index in [1.54, 1.807) is 36.4 Å². The summed E-state index contributed by atoms with van der Waals surface area (Å²) in [5, 5.41) is 2.07. The van der Waals surface area contributed by atoms with Gasteiger partial charge in [-0.25, -0.2) is 18.5 Å². The second kappa shape index (κ2) is 8.84. The molecule has 1 N–H and O–H groups in total. The minimum absolute atomic E-state index is 0.213. The highest BCUT2D eigenvalue weighted by atomic mass is 79.9. The standard InChI is InChI=1S/C24H15BrF2N2O3/c25-17-10-9-14(11-15-5-1-2-6-19(15)26)16(12-17)13-18-22(30)28-24(32)29(23(18)31)21-8-4-3-7-20(21)27/h1-10,12-13H,11H2,(H,28,30,32)/b18-13-. The maximum atomic E-state index is 14.2. The average Bonchev–Trinajstić information content (AvgIpc) is 2.75. The molecular weight excluding hydrogens is 482 g/mol. The van der Waals surface area contributed by atoms with Crippen LogP contribution in [0.2, 0.25) is 0 Å². The fourth-order valence-corrected chi connectivity index (χ4v) is 3.75. The molecule has 0 unspecified atom stereocenters. The first-order valence-corrected chi connectivity index (χ1v) is 10.3. The zero-order chi connectivity index (χ0) is 22.8. The number of carbonyl (C=O) groups excluding carboxylic acids is 3. The Labute approximate surface area is 190 Å². The Hall–Kier alpha value is -3.65. The van der Waals surface area contributed by atoms with E-state index in [2.05, 4.69) is 21.2 Å². The Balaban J connectivity index is 1.77. The van der Waals surface area contributed by atoms with Crippen LogP contribution >= 0.6 is 15.9 Å². The molecule has 0 radical (unpaired) electrons. The summed E-state index contributed by atoms with van der Waals surface area (Å²) in [6.45, 7) is 0. The molecule has 5 nitrogen and oxygen atoms in total. The van der Waals surface area contributed by atoms with Crippen LogP contribution in [0.5, 0.6) is 0 Å². The Morgan fingerprint density at radius 3 is 2.28 bits per heavy atom. The lowest BCUT2D eigenvalue weighted by Crippen LogP contribution is -2.54. The number of hydrogen-bond donors (Lipinski definition) is 1. The molecule has 0 aliphatic carbocycles. The van der Waals surface area contributed by atoms with Gasteiger partial charge in [0.15, 0.2) is 0 Å². The number of carbonyl (C=O) groups is 3. The molecule has 0 bridgehead atoms. The lowest BCUT2D eigenvalue weighted by atomic mass is 9.97. The van der Waals surface area contributed by atoms with E-state index >= 15 is 0 Å². The van der Waals surface area contributed by atoms with Crippen molar-refractivity contribution in [2.75, 3.05) is 4.90 Å². The van der Waals surface area contributed by atoms with Crippen molar-refractivity contribution < 1.29 is 23.2 Å². The van der Waals surface area contributed by atoms with Crippen LogP contribution in [0.25, 0.3) is 6.08 Å². The zero-order valence-corrected chi connectivity index (χ0v) is 18.0. The van der Waals surface area contributed by atoms with Crippen LogP contribution in [-0.2, 0) is 16.0 Å². The highest BCUT2D eigenvalue weighted by molar-refractivity contribution is 9.10. The highest BCUT2D eigenvalue weighted by Gasteiger charge is 2.38. The smallest absolute Gasteiger partial charge is 0.273 e. The fraction of sp³-hybridized carbons (Fsp3) is 0.0417. The average molecular weight is 497 g/mol. The fourth-order valence-electron chi connectivity index (χ4n) is 3.37. The number of imide groups is 2. The van der Waals surface area contributed by atoms with Crippen LogP contribution in [0, 0.1) is 11.6 Å². The maximum absolute atomic E-state index is 14.2. The number of benzene rings is 3.